The molecule has 0 aromatic heterocycles. The van der Waals surface area contributed by atoms with Crippen molar-refractivity contribution in [3.05, 3.63) is 109 Å². The molecular weight excluding hydrogens is 901 g/mol. The fraction of sp³-hybridized carbons (Fsp3) is 0.687. The first-order valence-electron chi connectivity index (χ1n) is 30.4. The van der Waals surface area contributed by atoms with E-state index < -0.39 is 6.10 Å². The van der Waals surface area contributed by atoms with Crippen LogP contribution in [0.15, 0.2) is 109 Å². The molecule has 73 heavy (non-hydrogen) atoms. The second-order valence-corrected chi connectivity index (χ2v) is 19.9. The summed E-state index contributed by atoms with van der Waals surface area (Å²) in [6.45, 7) is 6.46. The van der Waals surface area contributed by atoms with E-state index in [1.807, 2.05) is 0 Å². The van der Waals surface area contributed by atoms with E-state index in [4.69, 9.17) is 14.2 Å². The molecule has 0 saturated heterocycles. The summed E-state index contributed by atoms with van der Waals surface area (Å²) in [6.07, 6.45) is 82.3. The van der Waals surface area contributed by atoms with Crippen molar-refractivity contribution in [2.24, 2.45) is 0 Å². The molecule has 0 aliphatic heterocycles. The van der Waals surface area contributed by atoms with Crippen molar-refractivity contribution in [1.29, 1.82) is 0 Å². The highest BCUT2D eigenvalue weighted by atomic mass is 16.6. The van der Waals surface area contributed by atoms with Crippen LogP contribution in [0, 0.1) is 0 Å². The Kier molecular flexibility index (Phi) is 57.4. The van der Waals surface area contributed by atoms with E-state index >= 15 is 0 Å². The van der Waals surface area contributed by atoms with Crippen molar-refractivity contribution in [3.8, 4) is 0 Å². The summed E-state index contributed by atoms with van der Waals surface area (Å²) in [5.74, 6) is -0.958. The summed E-state index contributed by atoms with van der Waals surface area (Å²) in [6, 6.07) is 0. The fourth-order valence-corrected chi connectivity index (χ4v) is 8.23. The third-order valence-electron chi connectivity index (χ3n) is 12.8. The van der Waals surface area contributed by atoms with Crippen LogP contribution in [0.5, 0.6) is 0 Å². The topological polar surface area (TPSA) is 78.9 Å². The lowest BCUT2D eigenvalue weighted by atomic mass is 10.0. The largest absolute Gasteiger partial charge is 0.462 e. The highest BCUT2D eigenvalue weighted by Crippen LogP contribution is 2.15. The lowest BCUT2D eigenvalue weighted by Crippen LogP contribution is -2.30. The summed E-state index contributed by atoms with van der Waals surface area (Å²) in [7, 11) is 0. The number of hydrogen-bond acceptors (Lipinski definition) is 6. The minimum atomic E-state index is -0.805. The molecule has 0 spiro atoms. The molecule has 416 valence electrons. The normalized spacial score (nSPS) is 12.9. The quantitative estimate of drug-likeness (QED) is 0.0261. The summed E-state index contributed by atoms with van der Waals surface area (Å²) >= 11 is 0. The number of hydrogen-bond donors (Lipinski definition) is 0. The number of allylic oxidation sites excluding steroid dienone is 18. The first kappa shape index (κ1) is 69.1. The molecule has 0 saturated carbocycles. The van der Waals surface area contributed by atoms with Crippen molar-refractivity contribution in [2.75, 3.05) is 13.2 Å². The van der Waals surface area contributed by atoms with Gasteiger partial charge in [-0.1, -0.05) is 265 Å². The molecular formula is C67H112O6. The second-order valence-electron chi connectivity index (χ2n) is 19.9. The maximum Gasteiger partial charge on any atom is 0.306 e. The molecule has 6 nitrogen and oxygen atoms in total. The number of carbonyl (C=O) groups excluding carboxylic acids is 3. The average Bonchev–Trinajstić information content (AvgIpc) is 3.39. The Morgan fingerprint density at radius 2 is 0.548 bits per heavy atom. The molecule has 0 fully saturated rings. The molecule has 0 amide bonds. The van der Waals surface area contributed by atoms with Gasteiger partial charge in [0.05, 0.1) is 0 Å². The van der Waals surface area contributed by atoms with Gasteiger partial charge in [0.15, 0.2) is 6.10 Å². The van der Waals surface area contributed by atoms with Gasteiger partial charge in [-0.2, -0.15) is 0 Å². The summed E-state index contributed by atoms with van der Waals surface area (Å²) in [4.78, 5) is 38.2. The lowest BCUT2D eigenvalue weighted by Gasteiger charge is -2.18. The SMILES string of the molecule is CC/C=C\C/C=C\C/C=C\C/C=C\C/C=C\C/C=C\C/C=C\CCCC(=O)OCC(COC(=O)CCCCCCCCCCCCCCC)OC(=O)CCCCCCCCCCC/C=C\C/C=C\CCCCC. The van der Waals surface area contributed by atoms with Crippen LogP contribution >= 0.6 is 0 Å². The van der Waals surface area contributed by atoms with E-state index in [0.29, 0.717) is 19.3 Å². The van der Waals surface area contributed by atoms with Gasteiger partial charge >= 0.3 is 17.9 Å². The standard InChI is InChI=1S/C67H112O6/c1-4-7-10-13-16-19-22-25-27-29-31-32-33-34-36-37-39-42-45-48-51-54-57-60-66(69)72-63-64(62-71-65(68)59-56-53-50-47-44-41-24-21-18-15-12-9-6-3)73-67(70)61-58-55-52-49-46-43-40-38-35-30-28-26-23-20-17-14-11-8-5-2/h7,10,16-17,19-20,25-28,31-32,34,36,39,42,48,51,64H,4-6,8-9,11-15,18,21-24,29-30,33,35,37-38,40-41,43-47,49-50,52-63H2,1-3H3/b10-7-,19-16-,20-17-,27-25-,28-26-,32-31-,36-34-,42-39-,51-48-. The van der Waals surface area contributed by atoms with E-state index in [-0.39, 0.29) is 37.5 Å². The van der Waals surface area contributed by atoms with Crippen LogP contribution in [0.25, 0.3) is 0 Å². The van der Waals surface area contributed by atoms with E-state index in [9.17, 15) is 14.4 Å². The van der Waals surface area contributed by atoms with Gasteiger partial charge in [0.1, 0.15) is 13.2 Å². The Balaban J connectivity index is 4.46. The van der Waals surface area contributed by atoms with Crippen LogP contribution in [0.4, 0.5) is 0 Å². The van der Waals surface area contributed by atoms with Crippen molar-refractivity contribution in [3.63, 3.8) is 0 Å². The molecule has 0 N–H and O–H groups in total. The van der Waals surface area contributed by atoms with Crippen LogP contribution in [-0.2, 0) is 28.6 Å². The van der Waals surface area contributed by atoms with E-state index in [2.05, 4.69) is 130 Å². The van der Waals surface area contributed by atoms with Gasteiger partial charge < -0.3 is 14.2 Å². The van der Waals surface area contributed by atoms with Gasteiger partial charge in [0.25, 0.3) is 0 Å². The average molecular weight is 1010 g/mol. The first-order chi connectivity index (χ1) is 36.0. The molecule has 0 aliphatic carbocycles. The molecule has 0 bridgehead atoms. The van der Waals surface area contributed by atoms with Crippen LogP contribution < -0.4 is 0 Å². The van der Waals surface area contributed by atoms with Gasteiger partial charge in [0, 0.05) is 19.3 Å². The zero-order chi connectivity index (χ0) is 52.9. The maximum atomic E-state index is 12.9. The molecule has 6 heteroatoms. The molecule has 0 aromatic carbocycles. The van der Waals surface area contributed by atoms with Gasteiger partial charge in [0.2, 0.25) is 0 Å². The van der Waals surface area contributed by atoms with Gasteiger partial charge in [-0.15, -0.1) is 0 Å². The molecule has 0 heterocycles. The number of ether oxygens (including phenoxy) is 3. The third-order valence-corrected chi connectivity index (χ3v) is 12.8. The first-order valence-corrected chi connectivity index (χ1v) is 30.4. The van der Waals surface area contributed by atoms with Crippen LogP contribution in [0.3, 0.4) is 0 Å². The molecule has 1 atom stereocenters. The Morgan fingerprint density at radius 1 is 0.288 bits per heavy atom. The number of unbranched alkanes of at least 4 members (excludes halogenated alkanes) is 25. The number of rotatable bonds is 54. The van der Waals surface area contributed by atoms with E-state index in [1.165, 1.54) is 135 Å². The highest BCUT2D eigenvalue weighted by Gasteiger charge is 2.19. The third kappa shape index (κ3) is 58.8. The minimum absolute atomic E-state index is 0.0968. The predicted octanol–water partition coefficient (Wildman–Crippen LogP) is 20.7. The molecule has 0 rings (SSSR count). The predicted molar refractivity (Wildman–Crippen MR) is 316 cm³/mol. The van der Waals surface area contributed by atoms with Crippen molar-refractivity contribution < 1.29 is 28.6 Å². The zero-order valence-corrected chi connectivity index (χ0v) is 47.6. The molecule has 0 aliphatic rings. The van der Waals surface area contributed by atoms with Crippen molar-refractivity contribution >= 4 is 17.9 Å². The van der Waals surface area contributed by atoms with Crippen molar-refractivity contribution in [1.82, 2.24) is 0 Å². The lowest BCUT2D eigenvalue weighted by molar-refractivity contribution is -0.167. The summed E-state index contributed by atoms with van der Waals surface area (Å²) in [5, 5.41) is 0. The van der Waals surface area contributed by atoms with Crippen molar-refractivity contribution in [2.45, 2.75) is 284 Å². The van der Waals surface area contributed by atoms with Gasteiger partial charge in [-0.25, -0.2) is 0 Å². The zero-order valence-electron chi connectivity index (χ0n) is 47.6. The summed E-state index contributed by atoms with van der Waals surface area (Å²) < 4.78 is 16.8. The minimum Gasteiger partial charge on any atom is -0.462 e. The Bertz CT molecular complexity index is 1490. The second kappa shape index (κ2) is 60.6. The van der Waals surface area contributed by atoms with Crippen LogP contribution in [0.2, 0.25) is 0 Å². The molecule has 0 aromatic rings. The Labute approximate surface area is 450 Å². The number of esters is 3. The monoisotopic (exact) mass is 1010 g/mol. The van der Waals surface area contributed by atoms with Gasteiger partial charge in [-0.05, 0) is 103 Å². The maximum absolute atomic E-state index is 12.9. The Morgan fingerprint density at radius 3 is 0.918 bits per heavy atom. The smallest absolute Gasteiger partial charge is 0.306 e. The van der Waals surface area contributed by atoms with Crippen LogP contribution in [-0.4, -0.2) is 37.2 Å². The fourth-order valence-electron chi connectivity index (χ4n) is 8.23. The van der Waals surface area contributed by atoms with E-state index in [1.54, 1.807) is 0 Å². The van der Waals surface area contributed by atoms with E-state index in [0.717, 1.165) is 96.3 Å². The van der Waals surface area contributed by atoms with Crippen LogP contribution in [0.1, 0.15) is 278 Å². The molecule has 0 radical (unpaired) electrons. The number of carbonyl (C=O) groups is 3. The molecule has 1 unspecified atom stereocenters. The van der Waals surface area contributed by atoms with Gasteiger partial charge in [-0.3, -0.25) is 14.4 Å². The summed E-state index contributed by atoms with van der Waals surface area (Å²) in [5.41, 5.74) is 0. The Hall–Kier alpha value is -3.93. The highest BCUT2D eigenvalue weighted by molar-refractivity contribution is 5.71.